The highest BCUT2D eigenvalue weighted by Gasteiger charge is 2.34. The molecule has 0 atom stereocenters. The molecule has 1 N–H and O–H groups in total. The summed E-state index contributed by atoms with van der Waals surface area (Å²) >= 11 is 0. The molecule has 7 heteroatoms. The van der Waals surface area contributed by atoms with Crippen molar-refractivity contribution in [2.75, 3.05) is 13.6 Å². The van der Waals surface area contributed by atoms with E-state index in [1.54, 1.807) is 20.9 Å². The van der Waals surface area contributed by atoms with Crippen molar-refractivity contribution in [2.45, 2.75) is 72.6 Å². The Morgan fingerprint density at radius 2 is 1.61 bits per heavy atom. The number of rotatable bonds is 6. The van der Waals surface area contributed by atoms with Crippen molar-refractivity contribution in [3.8, 4) is 0 Å². The number of carbonyl (C=O) groups excluding carboxylic acids is 3. The summed E-state index contributed by atoms with van der Waals surface area (Å²) in [7, 11) is 1.54. The van der Waals surface area contributed by atoms with Crippen LogP contribution in [0.15, 0.2) is 0 Å². The van der Waals surface area contributed by atoms with E-state index in [9.17, 15) is 14.4 Å². The molecule has 0 saturated heterocycles. The van der Waals surface area contributed by atoms with Gasteiger partial charge in [0.2, 0.25) is 5.91 Å². The lowest BCUT2D eigenvalue weighted by atomic mass is 10.1. The Kier molecular flexibility index (Phi) is 7.54. The van der Waals surface area contributed by atoms with E-state index in [0.717, 1.165) is 4.90 Å². The molecule has 0 heterocycles. The molecule has 0 aromatic heterocycles. The molecule has 23 heavy (non-hydrogen) atoms. The van der Waals surface area contributed by atoms with Crippen LogP contribution in [-0.2, 0) is 9.53 Å². The Bertz CT molecular complexity index is 447. The van der Waals surface area contributed by atoms with Crippen LogP contribution in [0.25, 0.3) is 0 Å². The van der Waals surface area contributed by atoms with Gasteiger partial charge in [0.15, 0.2) is 0 Å². The summed E-state index contributed by atoms with van der Waals surface area (Å²) in [4.78, 5) is 38.6. The first-order valence-electron chi connectivity index (χ1n) is 7.95. The van der Waals surface area contributed by atoms with Gasteiger partial charge in [0.1, 0.15) is 11.3 Å². The fourth-order valence-electron chi connectivity index (χ4n) is 1.71. The maximum Gasteiger partial charge on any atom is 0.409 e. The zero-order valence-electron chi connectivity index (χ0n) is 15.6. The van der Waals surface area contributed by atoms with Gasteiger partial charge in [0.25, 0.3) is 0 Å². The fraction of sp³-hybridized carbons (Fsp3) is 0.812. The Morgan fingerprint density at radius 3 is 2.00 bits per heavy atom. The van der Waals surface area contributed by atoms with Gasteiger partial charge in [-0.15, -0.1) is 0 Å². The molecule has 0 aromatic carbocycles. The van der Waals surface area contributed by atoms with Gasteiger partial charge in [-0.25, -0.2) is 9.59 Å². The Balaban J connectivity index is 5.01. The van der Waals surface area contributed by atoms with Crippen LogP contribution >= 0.6 is 0 Å². The van der Waals surface area contributed by atoms with Crippen LogP contribution in [0, 0.1) is 0 Å². The predicted octanol–water partition coefficient (Wildman–Crippen LogP) is 2.95. The van der Waals surface area contributed by atoms with Gasteiger partial charge >= 0.3 is 12.1 Å². The quantitative estimate of drug-likeness (QED) is 0.760. The summed E-state index contributed by atoms with van der Waals surface area (Å²) in [6, 6.07) is -0.459. The molecule has 0 aliphatic rings. The van der Waals surface area contributed by atoms with Crippen molar-refractivity contribution < 1.29 is 19.1 Å². The van der Waals surface area contributed by atoms with Gasteiger partial charge in [0.05, 0.1) is 0 Å². The number of hydrogen-bond acceptors (Lipinski definition) is 4. The fourth-order valence-corrected chi connectivity index (χ4v) is 1.71. The summed E-state index contributed by atoms with van der Waals surface area (Å²) in [5, 5.41) is 2.67. The lowest BCUT2D eigenvalue weighted by molar-refractivity contribution is -0.126. The van der Waals surface area contributed by atoms with E-state index in [1.165, 1.54) is 11.8 Å². The van der Waals surface area contributed by atoms with Crippen LogP contribution in [0.4, 0.5) is 9.59 Å². The van der Waals surface area contributed by atoms with Crippen molar-refractivity contribution in [3.05, 3.63) is 0 Å². The van der Waals surface area contributed by atoms with E-state index in [0.29, 0.717) is 19.4 Å². The molecule has 0 saturated carbocycles. The molecule has 0 aromatic rings. The summed E-state index contributed by atoms with van der Waals surface area (Å²) in [5.74, 6) is -0.325. The van der Waals surface area contributed by atoms with E-state index >= 15 is 0 Å². The summed E-state index contributed by atoms with van der Waals surface area (Å²) in [6.45, 7) is 12.5. The molecule has 0 unspecified atom stereocenters. The number of amides is 4. The average Bonchev–Trinajstić information content (AvgIpc) is 2.41. The first kappa shape index (κ1) is 21.2. The van der Waals surface area contributed by atoms with Crippen LogP contribution in [0.3, 0.4) is 0 Å². The number of ether oxygens (including phenoxy) is 1. The topological polar surface area (TPSA) is 79.0 Å². The third-order valence-electron chi connectivity index (χ3n) is 3.81. The molecule has 134 valence electrons. The molecule has 0 rings (SSSR count). The highest BCUT2D eigenvalue weighted by molar-refractivity contribution is 5.93. The average molecular weight is 329 g/mol. The van der Waals surface area contributed by atoms with Crippen molar-refractivity contribution in [3.63, 3.8) is 0 Å². The molecule has 0 bridgehead atoms. The van der Waals surface area contributed by atoms with Gasteiger partial charge in [-0.1, -0.05) is 13.8 Å². The predicted molar refractivity (Wildman–Crippen MR) is 88.9 cm³/mol. The minimum atomic E-state index is -1.00. The number of alkyl carbamates (subject to hydrolysis) is 1. The zero-order chi connectivity index (χ0) is 18.4. The minimum Gasteiger partial charge on any atom is -0.444 e. The number of imide groups is 1. The second-order valence-corrected chi connectivity index (χ2v) is 6.70. The molecule has 0 aliphatic carbocycles. The molecule has 0 aliphatic heterocycles. The number of nitrogens with one attached hydrogen (secondary N) is 1. The standard InChI is InChI=1S/C16H31N3O4/c1-9-11-19(12(3)20)14(22)18(8)16(6,7)17-13(21)23-15(4,5)10-2/h9-11H2,1-8H3,(H,17,21). The lowest BCUT2D eigenvalue weighted by Crippen LogP contribution is -2.61. The molecule has 0 fully saturated rings. The SMILES string of the molecule is CCCN(C(C)=O)C(=O)N(C)C(C)(C)NC(=O)OC(C)(C)CC. The van der Waals surface area contributed by atoms with Crippen LogP contribution in [0.1, 0.15) is 61.3 Å². The first-order chi connectivity index (χ1) is 10.4. The second-order valence-electron chi connectivity index (χ2n) is 6.70. The van der Waals surface area contributed by atoms with E-state index in [2.05, 4.69) is 5.32 Å². The minimum absolute atomic E-state index is 0.325. The molecular formula is C16H31N3O4. The van der Waals surface area contributed by atoms with Crippen molar-refractivity contribution in [1.29, 1.82) is 0 Å². The lowest BCUT2D eigenvalue weighted by Gasteiger charge is -2.39. The number of urea groups is 1. The highest BCUT2D eigenvalue weighted by atomic mass is 16.6. The van der Waals surface area contributed by atoms with Crippen molar-refractivity contribution >= 4 is 18.0 Å². The molecule has 0 radical (unpaired) electrons. The maximum atomic E-state index is 12.5. The van der Waals surface area contributed by atoms with Crippen LogP contribution in [0.5, 0.6) is 0 Å². The van der Waals surface area contributed by atoms with Crippen molar-refractivity contribution in [1.82, 2.24) is 15.1 Å². The Morgan fingerprint density at radius 1 is 1.09 bits per heavy atom. The Hall–Kier alpha value is -1.79. The molecular weight excluding hydrogens is 298 g/mol. The Labute approximate surface area is 139 Å². The zero-order valence-corrected chi connectivity index (χ0v) is 15.6. The van der Waals surface area contributed by atoms with Gasteiger partial charge in [-0.2, -0.15) is 0 Å². The third-order valence-corrected chi connectivity index (χ3v) is 3.81. The highest BCUT2D eigenvalue weighted by Crippen LogP contribution is 2.16. The monoisotopic (exact) mass is 329 g/mol. The smallest absolute Gasteiger partial charge is 0.409 e. The van der Waals surface area contributed by atoms with Gasteiger partial charge in [-0.05, 0) is 40.5 Å². The largest absolute Gasteiger partial charge is 0.444 e. The normalized spacial score (nSPS) is 11.7. The summed E-state index contributed by atoms with van der Waals surface area (Å²) in [5.41, 5.74) is -1.59. The molecule has 0 spiro atoms. The number of nitrogens with zero attached hydrogens (tertiary/aromatic N) is 2. The van der Waals surface area contributed by atoms with E-state index < -0.39 is 23.4 Å². The first-order valence-corrected chi connectivity index (χ1v) is 7.95. The number of carbonyl (C=O) groups is 3. The van der Waals surface area contributed by atoms with Crippen molar-refractivity contribution in [2.24, 2.45) is 0 Å². The van der Waals surface area contributed by atoms with E-state index in [-0.39, 0.29) is 5.91 Å². The molecule has 7 nitrogen and oxygen atoms in total. The summed E-state index contributed by atoms with van der Waals surface area (Å²) < 4.78 is 5.34. The third kappa shape index (κ3) is 6.46. The van der Waals surface area contributed by atoms with E-state index in [1.807, 2.05) is 27.7 Å². The van der Waals surface area contributed by atoms with Gasteiger partial charge in [0, 0.05) is 20.5 Å². The van der Waals surface area contributed by atoms with Gasteiger partial charge in [-0.3, -0.25) is 15.0 Å². The molecule has 4 amide bonds. The van der Waals surface area contributed by atoms with E-state index in [4.69, 9.17) is 4.74 Å². The van der Waals surface area contributed by atoms with Crippen LogP contribution in [0.2, 0.25) is 0 Å². The number of hydrogen-bond donors (Lipinski definition) is 1. The van der Waals surface area contributed by atoms with Crippen LogP contribution < -0.4 is 5.32 Å². The second kappa shape index (κ2) is 8.17. The summed E-state index contributed by atoms with van der Waals surface area (Å²) in [6.07, 6.45) is 0.732. The van der Waals surface area contributed by atoms with Crippen LogP contribution in [-0.4, -0.2) is 52.7 Å². The maximum absolute atomic E-state index is 12.5. The van der Waals surface area contributed by atoms with Gasteiger partial charge < -0.3 is 9.64 Å².